The Labute approximate surface area is 157 Å². The molecular weight excluding hydrogens is 385 g/mol. The van der Waals surface area contributed by atoms with Gasteiger partial charge in [0.2, 0.25) is 11.8 Å². The lowest BCUT2D eigenvalue weighted by Gasteiger charge is -2.09. The molecule has 0 bridgehead atoms. The lowest BCUT2D eigenvalue weighted by molar-refractivity contribution is -0.141. The quantitative estimate of drug-likeness (QED) is 0.633. The summed E-state index contributed by atoms with van der Waals surface area (Å²) in [6.07, 6.45) is -4.57. The minimum atomic E-state index is -4.57. The van der Waals surface area contributed by atoms with Crippen molar-refractivity contribution >= 4 is 11.6 Å². The average Bonchev–Trinajstić information content (AvgIpc) is 2.97. The van der Waals surface area contributed by atoms with Crippen molar-refractivity contribution in [3.05, 3.63) is 52.8 Å². The van der Waals surface area contributed by atoms with Gasteiger partial charge in [-0.3, -0.25) is 0 Å². The topological polar surface area (TPSA) is 62.1 Å². The van der Waals surface area contributed by atoms with Crippen molar-refractivity contribution in [2.24, 2.45) is 7.05 Å². The molecule has 2 heterocycles. The van der Waals surface area contributed by atoms with Crippen LogP contribution in [0, 0.1) is 0 Å². The smallest absolute Gasteiger partial charge is 0.421 e. The van der Waals surface area contributed by atoms with Crippen molar-refractivity contribution in [3.63, 3.8) is 0 Å². The molecule has 3 rings (SSSR count). The second-order valence-electron chi connectivity index (χ2n) is 5.55. The van der Waals surface area contributed by atoms with E-state index in [2.05, 4.69) is 15.1 Å². The van der Waals surface area contributed by atoms with Gasteiger partial charge in [-0.1, -0.05) is 11.6 Å². The van der Waals surface area contributed by atoms with Crippen LogP contribution >= 0.6 is 11.6 Å². The first-order chi connectivity index (χ1) is 12.8. The number of rotatable bonds is 5. The van der Waals surface area contributed by atoms with Crippen LogP contribution in [-0.2, 0) is 24.6 Å². The number of aryl methyl sites for hydroxylation is 1. The number of hydrogen-bond donors (Lipinski definition) is 0. The van der Waals surface area contributed by atoms with E-state index in [0.29, 0.717) is 22.1 Å². The Morgan fingerprint density at radius 2 is 1.81 bits per heavy atom. The molecule has 0 saturated heterocycles. The molecule has 0 amide bonds. The molecule has 3 aromatic rings. The fourth-order valence-electron chi connectivity index (χ4n) is 2.27. The Bertz CT molecular complexity index is 942. The number of ether oxygens (including phenoxy) is 2. The van der Waals surface area contributed by atoms with Crippen LogP contribution in [0.5, 0.6) is 11.8 Å². The van der Waals surface area contributed by atoms with Gasteiger partial charge >= 0.3 is 6.18 Å². The van der Waals surface area contributed by atoms with Crippen LogP contribution in [0.1, 0.15) is 11.4 Å². The average molecular weight is 399 g/mol. The SMILES string of the molecule is COCc1cc(Oc2cc(C(F)(F)F)nn2C)nc(-c2ccc(Cl)cc2)n1. The van der Waals surface area contributed by atoms with E-state index in [0.717, 1.165) is 10.7 Å². The van der Waals surface area contributed by atoms with Gasteiger partial charge in [0.15, 0.2) is 11.5 Å². The zero-order chi connectivity index (χ0) is 19.6. The summed E-state index contributed by atoms with van der Waals surface area (Å²) in [7, 11) is 2.85. The first kappa shape index (κ1) is 19.1. The first-order valence-corrected chi connectivity index (χ1v) is 8.06. The number of halogens is 4. The molecule has 0 N–H and O–H groups in total. The van der Waals surface area contributed by atoms with Crippen LogP contribution in [-0.4, -0.2) is 26.9 Å². The summed E-state index contributed by atoms with van der Waals surface area (Å²) in [6.45, 7) is 0.179. The third-order valence-corrected chi connectivity index (χ3v) is 3.74. The highest BCUT2D eigenvalue weighted by Crippen LogP contribution is 2.32. The van der Waals surface area contributed by atoms with Gasteiger partial charge < -0.3 is 9.47 Å². The Morgan fingerprint density at radius 1 is 1.11 bits per heavy atom. The maximum atomic E-state index is 12.8. The molecule has 2 aromatic heterocycles. The molecule has 0 aliphatic heterocycles. The van der Waals surface area contributed by atoms with Gasteiger partial charge in [0.25, 0.3) is 0 Å². The first-order valence-electron chi connectivity index (χ1n) is 7.68. The standard InChI is InChI=1S/C17H14ClF3N4O2/c1-25-15(8-13(24-25)17(19,20)21)27-14-7-12(9-26-2)22-16(23-14)10-3-5-11(18)6-4-10/h3-8H,9H2,1-2H3. The summed E-state index contributed by atoms with van der Waals surface area (Å²) in [5.41, 5.74) is 0.123. The summed E-state index contributed by atoms with van der Waals surface area (Å²) >= 11 is 5.89. The molecule has 0 aliphatic carbocycles. The third kappa shape index (κ3) is 4.55. The Kier molecular flexibility index (Phi) is 5.33. The molecular formula is C17H14ClF3N4O2. The van der Waals surface area contributed by atoms with E-state index in [1.807, 2.05) is 0 Å². The summed E-state index contributed by atoms with van der Waals surface area (Å²) in [4.78, 5) is 8.64. The summed E-state index contributed by atoms with van der Waals surface area (Å²) in [5.74, 6) is 0.291. The molecule has 0 spiro atoms. The number of benzene rings is 1. The summed E-state index contributed by atoms with van der Waals surface area (Å²) < 4.78 is 50.1. The maximum Gasteiger partial charge on any atom is 0.435 e. The number of alkyl halides is 3. The number of aromatic nitrogens is 4. The van der Waals surface area contributed by atoms with Crippen LogP contribution in [0.25, 0.3) is 11.4 Å². The molecule has 1 aromatic carbocycles. The third-order valence-electron chi connectivity index (χ3n) is 3.49. The normalized spacial score (nSPS) is 11.6. The van der Waals surface area contributed by atoms with Gasteiger partial charge in [0, 0.05) is 36.9 Å². The molecule has 27 heavy (non-hydrogen) atoms. The minimum absolute atomic E-state index is 0.0683. The second kappa shape index (κ2) is 7.53. The van der Waals surface area contributed by atoms with E-state index in [1.54, 1.807) is 24.3 Å². The maximum absolute atomic E-state index is 12.8. The van der Waals surface area contributed by atoms with Crippen molar-refractivity contribution < 1.29 is 22.6 Å². The molecule has 10 heteroatoms. The van der Waals surface area contributed by atoms with Crippen molar-refractivity contribution in [3.8, 4) is 23.1 Å². The predicted octanol–water partition coefficient (Wildman–Crippen LogP) is 4.49. The fraction of sp³-hybridized carbons (Fsp3) is 0.235. The van der Waals surface area contributed by atoms with E-state index in [9.17, 15) is 13.2 Å². The van der Waals surface area contributed by atoms with E-state index in [1.165, 1.54) is 20.2 Å². The Hall–Kier alpha value is -2.65. The van der Waals surface area contributed by atoms with Crippen molar-refractivity contribution in [1.82, 2.24) is 19.7 Å². The van der Waals surface area contributed by atoms with E-state index in [4.69, 9.17) is 21.1 Å². The number of hydrogen-bond acceptors (Lipinski definition) is 5. The van der Waals surface area contributed by atoms with E-state index in [-0.39, 0.29) is 18.4 Å². The molecule has 0 saturated carbocycles. The second-order valence-corrected chi connectivity index (χ2v) is 5.99. The Balaban J connectivity index is 1.97. The van der Waals surface area contributed by atoms with Crippen LogP contribution < -0.4 is 4.74 Å². The van der Waals surface area contributed by atoms with Crippen molar-refractivity contribution in [2.75, 3.05) is 7.11 Å². The number of methoxy groups -OCH3 is 1. The van der Waals surface area contributed by atoms with E-state index < -0.39 is 11.9 Å². The molecule has 0 atom stereocenters. The van der Waals surface area contributed by atoms with Crippen LogP contribution in [0.2, 0.25) is 5.02 Å². The monoisotopic (exact) mass is 398 g/mol. The predicted molar refractivity (Wildman–Crippen MR) is 91.5 cm³/mol. The zero-order valence-electron chi connectivity index (χ0n) is 14.3. The highest BCUT2D eigenvalue weighted by atomic mass is 35.5. The van der Waals surface area contributed by atoms with Gasteiger partial charge in [-0.25, -0.2) is 9.67 Å². The fourth-order valence-corrected chi connectivity index (χ4v) is 2.39. The van der Waals surface area contributed by atoms with Gasteiger partial charge in [0.1, 0.15) is 0 Å². The Morgan fingerprint density at radius 3 is 2.41 bits per heavy atom. The summed E-state index contributed by atoms with van der Waals surface area (Å²) in [6, 6.07) is 9.11. The molecule has 0 unspecified atom stereocenters. The number of nitrogens with zero attached hydrogens (tertiary/aromatic N) is 4. The van der Waals surface area contributed by atoms with Gasteiger partial charge in [0.05, 0.1) is 12.3 Å². The van der Waals surface area contributed by atoms with Crippen molar-refractivity contribution in [1.29, 1.82) is 0 Å². The lowest BCUT2D eigenvalue weighted by atomic mass is 10.2. The summed E-state index contributed by atoms with van der Waals surface area (Å²) in [5, 5.41) is 3.96. The molecule has 6 nitrogen and oxygen atoms in total. The van der Waals surface area contributed by atoms with Crippen LogP contribution in [0.4, 0.5) is 13.2 Å². The lowest BCUT2D eigenvalue weighted by Crippen LogP contribution is -2.06. The van der Waals surface area contributed by atoms with Crippen LogP contribution in [0.3, 0.4) is 0 Å². The molecule has 0 fully saturated rings. The van der Waals surface area contributed by atoms with Gasteiger partial charge in [-0.2, -0.15) is 23.3 Å². The highest BCUT2D eigenvalue weighted by molar-refractivity contribution is 6.30. The van der Waals surface area contributed by atoms with Gasteiger partial charge in [-0.15, -0.1) is 0 Å². The molecule has 142 valence electrons. The zero-order valence-corrected chi connectivity index (χ0v) is 15.0. The van der Waals surface area contributed by atoms with E-state index >= 15 is 0 Å². The highest BCUT2D eigenvalue weighted by Gasteiger charge is 2.35. The van der Waals surface area contributed by atoms with Crippen LogP contribution in [0.15, 0.2) is 36.4 Å². The minimum Gasteiger partial charge on any atom is -0.421 e. The molecule has 0 aliphatic rings. The largest absolute Gasteiger partial charge is 0.435 e. The van der Waals surface area contributed by atoms with Crippen molar-refractivity contribution in [2.45, 2.75) is 12.8 Å². The van der Waals surface area contributed by atoms with Gasteiger partial charge in [-0.05, 0) is 24.3 Å². The molecule has 0 radical (unpaired) electrons.